The molecule has 0 saturated heterocycles. The van der Waals surface area contributed by atoms with Crippen molar-refractivity contribution in [1.29, 1.82) is 0 Å². The van der Waals surface area contributed by atoms with Crippen LogP contribution in [0.1, 0.15) is 52.1 Å². The normalized spacial score (nSPS) is 11.3. The molecule has 0 aliphatic heterocycles. The predicted molar refractivity (Wildman–Crippen MR) is 86.0 cm³/mol. The van der Waals surface area contributed by atoms with Crippen LogP contribution in [0.5, 0.6) is 0 Å². The molecular weight excluding hydrogens is 248 g/mol. The zero-order valence-electron chi connectivity index (χ0n) is 13.7. The third-order valence-electron chi connectivity index (χ3n) is 3.74. The van der Waals surface area contributed by atoms with Gasteiger partial charge in [0.1, 0.15) is 11.6 Å². The first-order valence-electron chi connectivity index (χ1n) is 7.93. The van der Waals surface area contributed by atoms with Crippen LogP contribution in [0.4, 0.5) is 5.82 Å². The summed E-state index contributed by atoms with van der Waals surface area (Å²) in [5, 5.41) is 3.27. The minimum absolute atomic E-state index is 0.771. The average Bonchev–Trinajstić information content (AvgIpc) is 2.43. The monoisotopic (exact) mass is 278 g/mol. The molecule has 1 aromatic rings. The van der Waals surface area contributed by atoms with Gasteiger partial charge in [-0.1, -0.05) is 33.6 Å². The van der Waals surface area contributed by atoms with E-state index in [0.717, 1.165) is 49.4 Å². The maximum atomic E-state index is 4.61. The number of hydrogen-bond acceptors (Lipinski definition) is 4. The molecule has 0 saturated carbocycles. The van der Waals surface area contributed by atoms with Crippen LogP contribution >= 0.6 is 0 Å². The van der Waals surface area contributed by atoms with Crippen LogP contribution in [0.15, 0.2) is 6.07 Å². The van der Waals surface area contributed by atoms with E-state index in [2.05, 4.69) is 47.9 Å². The Morgan fingerprint density at radius 3 is 2.40 bits per heavy atom. The van der Waals surface area contributed by atoms with Crippen molar-refractivity contribution < 1.29 is 0 Å². The number of anilines is 1. The standard InChI is InChI=1S/C16H30N4/c1-6-14(7-2)11-20(9-4)12-16-18-13(5)10-15(19-16)17-8-3/h10,14H,6-9,11-12H2,1-5H3,(H,17,18,19). The Hall–Kier alpha value is -1.16. The topological polar surface area (TPSA) is 41.1 Å². The summed E-state index contributed by atoms with van der Waals surface area (Å²) >= 11 is 0. The summed E-state index contributed by atoms with van der Waals surface area (Å²) in [6.45, 7) is 14.8. The second-order valence-electron chi connectivity index (χ2n) is 5.35. The molecule has 0 spiro atoms. The molecule has 0 atom stereocenters. The van der Waals surface area contributed by atoms with Gasteiger partial charge in [-0.3, -0.25) is 4.90 Å². The third kappa shape index (κ3) is 5.45. The first-order valence-corrected chi connectivity index (χ1v) is 7.93. The van der Waals surface area contributed by atoms with Gasteiger partial charge < -0.3 is 5.32 Å². The van der Waals surface area contributed by atoms with E-state index in [4.69, 9.17) is 0 Å². The molecule has 1 aromatic heterocycles. The molecule has 4 heteroatoms. The van der Waals surface area contributed by atoms with Crippen molar-refractivity contribution in [2.75, 3.05) is 25.0 Å². The van der Waals surface area contributed by atoms with E-state index in [-0.39, 0.29) is 0 Å². The number of nitrogens with zero attached hydrogens (tertiary/aromatic N) is 3. The van der Waals surface area contributed by atoms with Gasteiger partial charge in [0.2, 0.25) is 0 Å². The van der Waals surface area contributed by atoms with Crippen molar-refractivity contribution in [3.63, 3.8) is 0 Å². The molecule has 114 valence electrons. The minimum atomic E-state index is 0.771. The highest BCUT2D eigenvalue weighted by atomic mass is 15.2. The molecular formula is C16H30N4. The number of hydrogen-bond donors (Lipinski definition) is 1. The lowest BCUT2D eigenvalue weighted by Gasteiger charge is -2.24. The average molecular weight is 278 g/mol. The Balaban J connectivity index is 2.73. The smallest absolute Gasteiger partial charge is 0.144 e. The van der Waals surface area contributed by atoms with E-state index < -0.39 is 0 Å². The lowest BCUT2D eigenvalue weighted by atomic mass is 10.0. The summed E-state index contributed by atoms with van der Waals surface area (Å²) in [5.41, 5.74) is 1.03. The van der Waals surface area contributed by atoms with Crippen LogP contribution in [0, 0.1) is 12.8 Å². The molecule has 0 bridgehead atoms. The molecule has 0 amide bonds. The third-order valence-corrected chi connectivity index (χ3v) is 3.74. The first-order chi connectivity index (χ1) is 9.62. The summed E-state index contributed by atoms with van der Waals surface area (Å²) in [4.78, 5) is 11.6. The van der Waals surface area contributed by atoms with E-state index >= 15 is 0 Å². The largest absolute Gasteiger partial charge is 0.370 e. The highest BCUT2D eigenvalue weighted by Gasteiger charge is 2.12. The van der Waals surface area contributed by atoms with Gasteiger partial charge in [-0.2, -0.15) is 0 Å². The van der Waals surface area contributed by atoms with Gasteiger partial charge in [0.05, 0.1) is 6.54 Å². The van der Waals surface area contributed by atoms with Crippen molar-refractivity contribution in [3.05, 3.63) is 17.6 Å². The van der Waals surface area contributed by atoms with Crippen LogP contribution in [-0.2, 0) is 6.54 Å². The van der Waals surface area contributed by atoms with Crippen molar-refractivity contribution >= 4 is 5.82 Å². The van der Waals surface area contributed by atoms with Crippen LogP contribution < -0.4 is 5.32 Å². The van der Waals surface area contributed by atoms with E-state index in [0.29, 0.717) is 0 Å². The summed E-state index contributed by atoms with van der Waals surface area (Å²) < 4.78 is 0. The van der Waals surface area contributed by atoms with E-state index in [9.17, 15) is 0 Å². The second-order valence-corrected chi connectivity index (χ2v) is 5.35. The highest BCUT2D eigenvalue weighted by molar-refractivity contribution is 5.35. The van der Waals surface area contributed by atoms with E-state index in [1.165, 1.54) is 12.8 Å². The molecule has 0 unspecified atom stereocenters. The molecule has 1 heterocycles. The zero-order valence-corrected chi connectivity index (χ0v) is 13.7. The minimum Gasteiger partial charge on any atom is -0.370 e. The van der Waals surface area contributed by atoms with Gasteiger partial charge in [-0.15, -0.1) is 0 Å². The fraction of sp³-hybridized carbons (Fsp3) is 0.750. The SMILES string of the molecule is CCNc1cc(C)nc(CN(CC)CC(CC)CC)n1. The molecule has 1 N–H and O–H groups in total. The van der Waals surface area contributed by atoms with Gasteiger partial charge in [-0.25, -0.2) is 9.97 Å². The van der Waals surface area contributed by atoms with E-state index in [1.54, 1.807) is 0 Å². The summed E-state index contributed by atoms with van der Waals surface area (Å²) in [6, 6.07) is 2.00. The van der Waals surface area contributed by atoms with Gasteiger partial charge in [0.15, 0.2) is 0 Å². The van der Waals surface area contributed by atoms with Crippen molar-refractivity contribution in [3.8, 4) is 0 Å². The van der Waals surface area contributed by atoms with Crippen molar-refractivity contribution in [2.45, 2.75) is 54.0 Å². The summed E-state index contributed by atoms with van der Waals surface area (Å²) in [5.74, 6) is 2.63. The van der Waals surface area contributed by atoms with Gasteiger partial charge in [0, 0.05) is 24.8 Å². The fourth-order valence-corrected chi connectivity index (χ4v) is 2.39. The first kappa shape index (κ1) is 16.9. The van der Waals surface area contributed by atoms with Crippen molar-refractivity contribution in [2.24, 2.45) is 5.92 Å². The molecule has 0 aromatic carbocycles. The number of nitrogens with one attached hydrogen (secondary N) is 1. The Kier molecular flexibility index (Phi) is 7.52. The second kappa shape index (κ2) is 8.90. The molecule has 20 heavy (non-hydrogen) atoms. The summed E-state index contributed by atoms with van der Waals surface area (Å²) in [7, 11) is 0. The predicted octanol–water partition coefficient (Wildman–Crippen LogP) is 3.47. The lowest BCUT2D eigenvalue weighted by Crippen LogP contribution is -2.29. The Morgan fingerprint density at radius 2 is 1.85 bits per heavy atom. The number of aryl methyl sites for hydroxylation is 1. The van der Waals surface area contributed by atoms with Crippen molar-refractivity contribution in [1.82, 2.24) is 14.9 Å². The molecule has 0 aliphatic carbocycles. The molecule has 0 aliphatic rings. The maximum Gasteiger partial charge on any atom is 0.144 e. The maximum absolute atomic E-state index is 4.61. The Labute approximate surface area is 124 Å². The van der Waals surface area contributed by atoms with Crippen LogP contribution in [-0.4, -0.2) is 34.5 Å². The van der Waals surface area contributed by atoms with E-state index in [1.807, 2.05) is 13.0 Å². The quantitative estimate of drug-likeness (QED) is 0.751. The molecule has 0 fully saturated rings. The lowest BCUT2D eigenvalue weighted by molar-refractivity contribution is 0.221. The zero-order chi connectivity index (χ0) is 15.0. The number of aromatic nitrogens is 2. The van der Waals surface area contributed by atoms with Gasteiger partial charge >= 0.3 is 0 Å². The van der Waals surface area contributed by atoms with Gasteiger partial charge in [0.25, 0.3) is 0 Å². The molecule has 4 nitrogen and oxygen atoms in total. The fourth-order valence-electron chi connectivity index (χ4n) is 2.39. The van der Waals surface area contributed by atoms with Crippen LogP contribution in [0.2, 0.25) is 0 Å². The highest BCUT2D eigenvalue weighted by Crippen LogP contribution is 2.13. The Bertz CT molecular complexity index is 388. The van der Waals surface area contributed by atoms with Crippen LogP contribution in [0.25, 0.3) is 0 Å². The summed E-state index contributed by atoms with van der Waals surface area (Å²) in [6.07, 6.45) is 2.48. The molecule has 0 radical (unpaired) electrons. The number of rotatable bonds is 9. The van der Waals surface area contributed by atoms with Crippen LogP contribution in [0.3, 0.4) is 0 Å². The Morgan fingerprint density at radius 1 is 1.15 bits per heavy atom. The van der Waals surface area contributed by atoms with Gasteiger partial charge in [-0.05, 0) is 26.3 Å². The molecule has 1 rings (SSSR count).